The van der Waals surface area contributed by atoms with E-state index in [1.54, 1.807) is 19.2 Å². The maximum absolute atomic E-state index is 12.3. The molecule has 0 unspecified atom stereocenters. The van der Waals surface area contributed by atoms with Crippen LogP contribution in [0.15, 0.2) is 48.5 Å². The largest absolute Gasteiger partial charge is 0.496 e. The molecule has 4 heteroatoms. The molecule has 21 heavy (non-hydrogen) atoms. The van der Waals surface area contributed by atoms with Crippen LogP contribution < -0.4 is 15.4 Å². The van der Waals surface area contributed by atoms with Gasteiger partial charge in [-0.2, -0.15) is 0 Å². The zero-order chi connectivity index (χ0) is 15.1. The Morgan fingerprint density at radius 3 is 2.71 bits per heavy atom. The smallest absolute Gasteiger partial charge is 0.259 e. The van der Waals surface area contributed by atoms with Crippen LogP contribution >= 0.6 is 0 Å². The fraction of sp³-hybridized carbons (Fsp3) is 0.235. The van der Waals surface area contributed by atoms with Gasteiger partial charge in [0.1, 0.15) is 5.75 Å². The van der Waals surface area contributed by atoms with Crippen molar-refractivity contribution in [1.82, 2.24) is 5.32 Å². The first-order valence-electron chi connectivity index (χ1n) is 6.98. The van der Waals surface area contributed by atoms with E-state index in [4.69, 9.17) is 4.74 Å². The predicted molar refractivity (Wildman–Crippen MR) is 84.8 cm³/mol. The van der Waals surface area contributed by atoms with Gasteiger partial charge in [-0.25, -0.2) is 0 Å². The third-order valence-electron chi connectivity index (χ3n) is 3.12. The summed E-state index contributed by atoms with van der Waals surface area (Å²) in [5.74, 6) is 0.395. The van der Waals surface area contributed by atoms with Crippen LogP contribution in [0.5, 0.6) is 5.75 Å². The molecule has 0 saturated carbocycles. The van der Waals surface area contributed by atoms with Crippen LogP contribution in [0.3, 0.4) is 0 Å². The average molecular weight is 284 g/mol. The zero-order valence-corrected chi connectivity index (χ0v) is 12.3. The molecule has 0 radical (unpaired) electrons. The molecule has 0 aliphatic carbocycles. The minimum absolute atomic E-state index is 0.173. The van der Waals surface area contributed by atoms with Crippen molar-refractivity contribution in [1.29, 1.82) is 0 Å². The molecule has 0 heterocycles. The van der Waals surface area contributed by atoms with Gasteiger partial charge >= 0.3 is 0 Å². The second kappa shape index (κ2) is 7.45. The Hall–Kier alpha value is -2.33. The van der Waals surface area contributed by atoms with Crippen LogP contribution in [0.1, 0.15) is 22.8 Å². The first-order valence-corrected chi connectivity index (χ1v) is 6.98. The molecule has 4 nitrogen and oxygen atoms in total. The summed E-state index contributed by atoms with van der Waals surface area (Å²) in [5, 5.41) is 6.17. The highest BCUT2D eigenvalue weighted by atomic mass is 16.5. The van der Waals surface area contributed by atoms with E-state index in [2.05, 4.69) is 17.6 Å². The van der Waals surface area contributed by atoms with E-state index >= 15 is 0 Å². The van der Waals surface area contributed by atoms with Gasteiger partial charge in [0.2, 0.25) is 0 Å². The first kappa shape index (κ1) is 15.1. The molecule has 2 rings (SSSR count). The summed E-state index contributed by atoms with van der Waals surface area (Å²) >= 11 is 0. The Morgan fingerprint density at radius 1 is 1.14 bits per heavy atom. The fourth-order valence-electron chi connectivity index (χ4n) is 2.06. The van der Waals surface area contributed by atoms with Crippen LogP contribution in [0, 0.1) is 0 Å². The quantitative estimate of drug-likeness (QED) is 0.857. The molecule has 2 N–H and O–H groups in total. The molecule has 0 fully saturated rings. The number of benzene rings is 2. The topological polar surface area (TPSA) is 50.4 Å². The van der Waals surface area contributed by atoms with E-state index in [1.165, 1.54) is 0 Å². The summed E-state index contributed by atoms with van der Waals surface area (Å²) in [6.45, 7) is 3.76. The number of methoxy groups -OCH3 is 1. The lowest BCUT2D eigenvalue weighted by Gasteiger charge is -2.10. The maximum atomic E-state index is 12.3. The summed E-state index contributed by atoms with van der Waals surface area (Å²) < 4.78 is 5.21. The van der Waals surface area contributed by atoms with E-state index in [9.17, 15) is 4.79 Å². The molecule has 0 atom stereocenters. The van der Waals surface area contributed by atoms with Gasteiger partial charge in [0.25, 0.3) is 5.91 Å². The van der Waals surface area contributed by atoms with E-state index in [0.29, 0.717) is 11.3 Å². The van der Waals surface area contributed by atoms with Crippen molar-refractivity contribution < 1.29 is 9.53 Å². The maximum Gasteiger partial charge on any atom is 0.259 e. The Kier molecular flexibility index (Phi) is 5.35. The van der Waals surface area contributed by atoms with Gasteiger partial charge < -0.3 is 15.4 Å². The summed E-state index contributed by atoms with van der Waals surface area (Å²) in [7, 11) is 1.56. The molecular formula is C17H20N2O2. The van der Waals surface area contributed by atoms with E-state index in [1.807, 2.05) is 36.4 Å². The number of carbonyl (C=O) groups is 1. The van der Waals surface area contributed by atoms with Gasteiger partial charge in [0, 0.05) is 12.2 Å². The van der Waals surface area contributed by atoms with E-state index in [0.717, 1.165) is 24.3 Å². The molecule has 0 saturated heterocycles. The average Bonchev–Trinajstić information content (AvgIpc) is 2.53. The lowest BCUT2D eigenvalue weighted by atomic mass is 10.1. The molecule has 0 aliphatic heterocycles. The highest BCUT2D eigenvalue weighted by Gasteiger charge is 2.11. The fourth-order valence-corrected chi connectivity index (χ4v) is 2.06. The number of carbonyl (C=O) groups excluding carboxylic acids is 1. The SMILES string of the molecule is CCNCc1cccc(NC(=O)c2ccccc2OC)c1. The Morgan fingerprint density at radius 2 is 1.95 bits per heavy atom. The third-order valence-corrected chi connectivity index (χ3v) is 3.12. The molecule has 1 amide bonds. The molecule has 2 aromatic rings. The van der Waals surface area contributed by atoms with Crippen LogP contribution in [-0.2, 0) is 6.54 Å². The monoisotopic (exact) mass is 284 g/mol. The number of nitrogens with one attached hydrogen (secondary N) is 2. The van der Waals surface area contributed by atoms with Gasteiger partial charge in [-0.05, 0) is 36.4 Å². The van der Waals surface area contributed by atoms with Gasteiger partial charge in [-0.3, -0.25) is 4.79 Å². The normalized spacial score (nSPS) is 10.2. The standard InChI is InChI=1S/C17H20N2O2/c1-3-18-12-13-7-6-8-14(11-13)19-17(20)15-9-4-5-10-16(15)21-2/h4-11,18H,3,12H2,1-2H3,(H,19,20). The summed E-state index contributed by atoms with van der Waals surface area (Å²) in [6, 6.07) is 15.0. The van der Waals surface area contributed by atoms with Crippen LogP contribution in [0.25, 0.3) is 0 Å². The van der Waals surface area contributed by atoms with Crippen LogP contribution in [0.4, 0.5) is 5.69 Å². The number of amides is 1. The van der Waals surface area contributed by atoms with Crippen molar-refractivity contribution in [2.45, 2.75) is 13.5 Å². The predicted octanol–water partition coefficient (Wildman–Crippen LogP) is 3.06. The lowest BCUT2D eigenvalue weighted by molar-refractivity contribution is 0.102. The summed E-state index contributed by atoms with van der Waals surface area (Å²) in [6.07, 6.45) is 0. The van der Waals surface area contributed by atoms with Gasteiger partial charge in [-0.1, -0.05) is 31.2 Å². The number of anilines is 1. The van der Waals surface area contributed by atoms with Crippen molar-refractivity contribution in [2.75, 3.05) is 19.0 Å². The van der Waals surface area contributed by atoms with E-state index in [-0.39, 0.29) is 5.91 Å². The molecule has 110 valence electrons. The number of ether oxygens (including phenoxy) is 1. The number of rotatable bonds is 6. The molecule has 2 aromatic carbocycles. The van der Waals surface area contributed by atoms with E-state index < -0.39 is 0 Å². The second-order valence-electron chi connectivity index (χ2n) is 4.64. The summed E-state index contributed by atoms with van der Waals surface area (Å²) in [5.41, 5.74) is 2.44. The minimum Gasteiger partial charge on any atom is -0.496 e. The number of hydrogen-bond acceptors (Lipinski definition) is 3. The number of para-hydroxylation sites is 1. The minimum atomic E-state index is -0.173. The lowest BCUT2D eigenvalue weighted by Crippen LogP contribution is -2.14. The van der Waals surface area contributed by atoms with Crippen molar-refractivity contribution >= 4 is 11.6 Å². The van der Waals surface area contributed by atoms with Crippen molar-refractivity contribution in [3.8, 4) is 5.75 Å². The Labute approximate surface area is 125 Å². The molecular weight excluding hydrogens is 264 g/mol. The number of hydrogen-bond donors (Lipinski definition) is 2. The second-order valence-corrected chi connectivity index (χ2v) is 4.64. The van der Waals surface area contributed by atoms with Crippen LogP contribution in [-0.4, -0.2) is 19.6 Å². The highest BCUT2D eigenvalue weighted by molar-refractivity contribution is 6.06. The molecule has 0 bridgehead atoms. The summed E-state index contributed by atoms with van der Waals surface area (Å²) in [4.78, 5) is 12.3. The third kappa shape index (κ3) is 4.07. The molecule has 0 aromatic heterocycles. The van der Waals surface area contributed by atoms with Crippen molar-refractivity contribution in [3.63, 3.8) is 0 Å². The highest BCUT2D eigenvalue weighted by Crippen LogP contribution is 2.19. The van der Waals surface area contributed by atoms with Crippen molar-refractivity contribution in [3.05, 3.63) is 59.7 Å². The molecule has 0 spiro atoms. The Balaban J connectivity index is 2.12. The van der Waals surface area contributed by atoms with Gasteiger partial charge in [-0.15, -0.1) is 0 Å². The zero-order valence-electron chi connectivity index (χ0n) is 12.3. The molecule has 0 aliphatic rings. The Bertz CT molecular complexity index is 611. The van der Waals surface area contributed by atoms with Gasteiger partial charge in [0.15, 0.2) is 0 Å². The van der Waals surface area contributed by atoms with Gasteiger partial charge in [0.05, 0.1) is 12.7 Å². The first-order chi connectivity index (χ1) is 10.2. The van der Waals surface area contributed by atoms with Crippen LogP contribution in [0.2, 0.25) is 0 Å². The van der Waals surface area contributed by atoms with Crippen molar-refractivity contribution in [2.24, 2.45) is 0 Å².